The molecule has 186 valence electrons. The predicted octanol–water partition coefficient (Wildman–Crippen LogP) is 3.42. The smallest absolute Gasteiger partial charge is 0.350 e. The maximum Gasteiger partial charge on any atom is 0.350 e. The Labute approximate surface area is 211 Å². The molecule has 0 radical (unpaired) electrons. The van der Waals surface area contributed by atoms with Crippen LogP contribution in [0.15, 0.2) is 90.0 Å². The van der Waals surface area contributed by atoms with Crippen LogP contribution < -0.4 is 20.8 Å². The van der Waals surface area contributed by atoms with Crippen LogP contribution in [-0.4, -0.2) is 52.2 Å². The van der Waals surface area contributed by atoms with E-state index in [1.54, 1.807) is 23.0 Å². The lowest BCUT2D eigenvalue weighted by atomic mass is 10.1. The molecule has 1 saturated heterocycles. The zero-order chi connectivity index (χ0) is 24.9. The first-order chi connectivity index (χ1) is 17.6. The third-order valence-corrected chi connectivity index (χ3v) is 6.79. The fourth-order valence-corrected chi connectivity index (χ4v) is 4.62. The molecule has 1 aliphatic heterocycles. The first kappa shape index (κ1) is 23.7. The van der Waals surface area contributed by atoms with Gasteiger partial charge in [0.15, 0.2) is 0 Å². The molecule has 1 aromatic heterocycles. The number of aromatic nitrogens is 3. The number of anilines is 2. The Hall–Kier alpha value is -4.04. The van der Waals surface area contributed by atoms with Crippen molar-refractivity contribution < 1.29 is 5.11 Å². The molecule has 1 atom stereocenters. The first-order valence-electron chi connectivity index (χ1n) is 12.4. The Morgan fingerprint density at radius 2 is 1.39 bits per heavy atom. The minimum atomic E-state index is -0.139. The highest BCUT2D eigenvalue weighted by Gasteiger charge is 2.18. The number of hydrogen-bond acceptors (Lipinski definition) is 6. The summed E-state index contributed by atoms with van der Waals surface area (Å²) in [4.78, 5) is 17.6. The van der Waals surface area contributed by atoms with Gasteiger partial charge >= 0.3 is 5.69 Å². The second kappa shape index (κ2) is 10.7. The highest BCUT2D eigenvalue weighted by molar-refractivity contribution is 5.54. The molecule has 0 amide bonds. The molecule has 1 aliphatic rings. The molecule has 0 bridgehead atoms. The molecular weight excluding hydrogens is 452 g/mol. The molecule has 1 fully saturated rings. The molecule has 0 aliphatic carbocycles. The molecule has 2 N–H and O–H groups in total. The van der Waals surface area contributed by atoms with Gasteiger partial charge in [-0.15, -0.1) is 0 Å². The topological polar surface area (TPSA) is 78.6 Å². The first-order valence-corrected chi connectivity index (χ1v) is 12.4. The number of benzene rings is 3. The van der Waals surface area contributed by atoms with Crippen LogP contribution in [0.5, 0.6) is 5.75 Å². The summed E-state index contributed by atoms with van der Waals surface area (Å²) < 4.78 is 3.09. The largest absolute Gasteiger partial charge is 0.508 e. The van der Waals surface area contributed by atoms with Crippen LogP contribution in [0, 0.1) is 0 Å². The summed E-state index contributed by atoms with van der Waals surface area (Å²) in [6.45, 7) is 6.92. The van der Waals surface area contributed by atoms with Crippen molar-refractivity contribution in [1.29, 1.82) is 0 Å². The van der Waals surface area contributed by atoms with Gasteiger partial charge in [-0.3, -0.25) is 0 Å². The third kappa shape index (κ3) is 5.28. The van der Waals surface area contributed by atoms with Gasteiger partial charge in [0.25, 0.3) is 0 Å². The van der Waals surface area contributed by atoms with E-state index in [0.717, 1.165) is 43.2 Å². The normalized spacial score (nSPS) is 14.7. The number of nitrogens with one attached hydrogen (secondary N) is 1. The van der Waals surface area contributed by atoms with Crippen molar-refractivity contribution >= 4 is 11.4 Å². The summed E-state index contributed by atoms with van der Waals surface area (Å²) in [5.74, 6) is 0.288. The van der Waals surface area contributed by atoms with Crippen LogP contribution in [0.2, 0.25) is 0 Å². The third-order valence-electron chi connectivity index (χ3n) is 6.79. The molecule has 8 nitrogen and oxygen atoms in total. The van der Waals surface area contributed by atoms with Gasteiger partial charge in [0.05, 0.1) is 12.2 Å². The lowest BCUT2D eigenvalue weighted by Gasteiger charge is -2.37. The Morgan fingerprint density at radius 1 is 0.833 bits per heavy atom. The molecule has 0 spiro atoms. The summed E-state index contributed by atoms with van der Waals surface area (Å²) in [5.41, 5.74) is 4.16. The average molecular weight is 485 g/mol. The van der Waals surface area contributed by atoms with Crippen molar-refractivity contribution in [3.05, 3.63) is 101 Å². The second-order valence-electron chi connectivity index (χ2n) is 9.10. The van der Waals surface area contributed by atoms with Crippen molar-refractivity contribution in [3.8, 4) is 11.4 Å². The standard InChI is InChI=1S/C28H32N6O2/c1-22(23-5-3-2-4-6-23)29-15-16-34-28(36)33(21-30-34)26-9-7-24(8-10-26)31-17-19-32(20-18-31)25-11-13-27(35)14-12-25/h2-14,21-22,29,35H,15-20H2,1H3. The van der Waals surface area contributed by atoms with Crippen molar-refractivity contribution in [2.24, 2.45) is 0 Å². The lowest BCUT2D eigenvalue weighted by Crippen LogP contribution is -2.46. The van der Waals surface area contributed by atoms with Crippen molar-refractivity contribution in [2.75, 3.05) is 42.5 Å². The molecular formula is C28H32N6O2. The lowest BCUT2D eigenvalue weighted by molar-refractivity contribution is 0.475. The van der Waals surface area contributed by atoms with E-state index >= 15 is 0 Å². The Morgan fingerprint density at radius 3 is 2.00 bits per heavy atom. The summed E-state index contributed by atoms with van der Waals surface area (Å²) >= 11 is 0. The fraction of sp³-hybridized carbons (Fsp3) is 0.286. The van der Waals surface area contributed by atoms with Crippen LogP contribution >= 0.6 is 0 Å². The number of aromatic hydroxyl groups is 1. The number of rotatable bonds is 8. The number of nitrogens with zero attached hydrogens (tertiary/aromatic N) is 5. The van der Waals surface area contributed by atoms with Crippen molar-refractivity contribution in [3.63, 3.8) is 0 Å². The van der Waals surface area contributed by atoms with Crippen molar-refractivity contribution in [2.45, 2.75) is 19.5 Å². The highest BCUT2D eigenvalue weighted by atomic mass is 16.3. The second-order valence-corrected chi connectivity index (χ2v) is 9.10. The molecule has 8 heteroatoms. The van der Waals surface area contributed by atoms with Gasteiger partial charge in [0.1, 0.15) is 12.1 Å². The average Bonchev–Trinajstić information content (AvgIpc) is 3.29. The SMILES string of the molecule is CC(NCCn1ncn(-c2ccc(N3CCN(c4ccc(O)cc4)CC3)cc2)c1=O)c1ccccc1. The molecule has 3 aromatic carbocycles. The van der Waals surface area contributed by atoms with E-state index in [1.165, 1.54) is 10.2 Å². The summed E-state index contributed by atoms with van der Waals surface area (Å²) in [6, 6.07) is 25.9. The van der Waals surface area contributed by atoms with E-state index in [4.69, 9.17) is 0 Å². The Kier molecular flexibility index (Phi) is 7.04. The number of phenolic OH excluding ortho intramolecular Hbond substituents is 1. The van der Waals surface area contributed by atoms with Crippen LogP contribution in [0.4, 0.5) is 11.4 Å². The zero-order valence-electron chi connectivity index (χ0n) is 20.5. The van der Waals surface area contributed by atoms with Crippen LogP contribution in [0.25, 0.3) is 5.69 Å². The van der Waals surface area contributed by atoms with Gasteiger partial charge in [-0.2, -0.15) is 5.10 Å². The van der Waals surface area contributed by atoms with E-state index in [-0.39, 0.29) is 17.5 Å². The van der Waals surface area contributed by atoms with E-state index in [9.17, 15) is 9.90 Å². The minimum absolute atomic E-state index is 0.139. The summed E-state index contributed by atoms with van der Waals surface area (Å²) in [7, 11) is 0. The van der Waals surface area contributed by atoms with Gasteiger partial charge in [-0.25, -0.2) is 14.0 Å². The van der Waals surface area contributed by atoms with Crippen molar-refractivity contribution in [1.82, 2.24) is 19.7 Å². The Balaban J connectivity index is 1.16. The maximum absolute atomic E-state index is 12.9. The van der Waals surface area contributed by atoms with E-state index < -0.39 is 0 Å². The maximum atomic E-state index is 12.9. The number of piperazine rings is 1. The zero-order valence-corrected chi connectivity index (χ0v) is 20.5. The molecule has 36 heavy (non-hydrogen) atoms. The molecule has 4 aromatic rings. The molecule has 2 heterocycles. The van der Waals surface area contributed by atoms with E-state index in [1.807, 2.05) is 42.5 Å². The monoisotopic (exact) mass is 484 g/mol. The minimum Gasteiger partial charge on any atom is -0.508 e. The fourth-order valence-electron chi connectivity index (χ4n) is 4.62. The summed E-state index contributed by atoms with van der Waals surface area (Å²) in [6.07, 6.45) is 1.59. The number of phenols is 1. The van der Waals surface area contributed by atoms with Gasteiger partial charge < -0.3 is 20.2 Å². The molecule has 0 saturated carbocycles. The van der Waals surface area contributed by atoms with Gasteiger partial charge in [-0.1, -0.05) is 30.3 Å². The number of hydrogen-bond donors (Lipinski definition) is 2. The molecule has 5 rings (SSSR count). The predicted molar refractivity (Wildman–Crippen MR) is 143 cm³/mol. The van der Waals surface area contributed by atoms with Crippen LogP contribution in [-0.2, 0) is 6.54 Å². The Bertz CT molecular complexity index is 1310. The quantitative estimate of drug-likeness (QED) is 0.399. The van der Waals surface area contributed by atoms with Gasteiger partial charge in [0.2, 0.25) is 0 Å². The highest BCUT2D eigenvalue weighted by Crippen LogP contribution is 2.23. The van der Waals surface area contributed by atoms with E-state index in [2.05, 4.69) is 51.4 Å². The van der Waals surface area contributed by atoms with E-state index in [0.29, 0.717) is 13.1 Å². The van der Waals surface area contributed by atoms with Gasteiger partial charge in [-0.05, 0) is 61.0 Å². The van der Waals surface area contributed by atoms with Crippen LogP contribution in [0.1, 0.15) is 18.5 Å². The van der Waals surface area contributed by atoms with Gasteiger partial charge in [0, 0.05) is 50.1 Å². The van der Waals surface area contributed by atoms with Crippen LogP contribution in [0.3, 0.4) is 0 Å². The molecule has 1 unspecified atom stereocenters. The summed E-state index contributed by atoms with van der Waals surface area (Å²) in [5, 5.41) is 17.3.